The molecule has 66 valence electrons. The summed E-state index contributed by atoms with van der Waals surface area (Å²) in [4.78, 5) is 0. The summed E-state index contributed by atoms with van der Waals surface area (Å²) >= 11 is 0. The van der Waals surface area contributed by atoms with Gasteiger partial charge >= 0.3 is 0 Å². The van der Waals surface area contributed by atoms with Crippen LogP contribution in [0.2, 0.25) is 0 Å². The lowest BCUT2D eigenvalue weighted by Gasteiger charge is -2.05. The molecule has 0 heteroatoms. The summed E-state index contributed by atoms with van der Waals surface area (Å²) in [7, 11) is 0. The van der Waals surface area contributed by atoms with Gasteiger partial charge in [0.25, 0.3) is 0 Å². The van der Waals surface area contributed by atoms with Gasteiger partial charge in [0, 0.05) is 0 Å². The number of hydrogen-bond donors (Lipinski definition) is 0. The highest BCUT2D eigenvalue weighted by atomic mass is 14.0. The summed E-state index contributed by atoms with van der Waals surface area (Å²) in [5.74, 6) is 1.58. The van der Waals surface area contributed by atoms with Crippen molar-refractivity contribution >= 4 is 0 Å². The van der Waals surface area contributed by atoms with Gasteiger partial charge in [-0.2, -0.15) is 0 Å². The molecule has 0 aliphatic carbocycles. The zero-order chi connectivity index (χ0) is 8.69. The summed E-state index contributed by atoms with van der Waals surface area (Å²) in [5, 5.41) is 0. The van der Waals surface area contributed by atoms with E-state index >= 15 is 0 Å². The summed E-state index contributed by atoms with van der Waals surface area (Å²) in [5.41, 5.74) is 0. The summed E-state index contributed by atoms with van der Waals surface area (Å²) in [6.07, 6.45) is 8.56. The maximum absolute atomic E-state index is 2.33. The lowest BCUT2D eigenvalue weighted by atomic mass is 10.0. The van der Waals surface area contributed by atoms with Gasteiger partial charge in [0.15, 0.2) is 0 Å². The van der Waals surface area contributed by atoms with E-state index in [0.29, 0.717) is 5.92 Å². The van der Waals surface area contributed by atoms with Crippen LogP contribution in [0.15, 0.2) is 12.2 Å². The Morgan fingerprint density at radius 2 is 1.82 bits per heavy atom. The molecule has 1 atom stereocenters. The van der Waals surface area contributed by atoms with Crippen molar-refractivity contribution in [2.45, 2.75) is 47.0 Å². The van der Waals surface area contributed by atoms with Gasteiger partial charge in [-0.05, 0) is 18.3 Å². The Hall–Kier alpha value is -0.260. The predicted octanol–water partition coefficient (Wildman–Crippen LogP) is 4.02. The first-order chi connectivity index (χ1) is 5.16. The van der Waals surface area contributed by atoms with Crippen molar-refractivity contribution in [2.75, 3.05) is 0 Å². The largest absolute Gasteiger partial charge is 0.0880 e. The minimum atomic E-state index is 0.712. The maximum Gasteiger partial charge on any atom is -0.0290 e. The van der Waals surface area contributed by atoms with Crippen LogP contribution in [0.25, 0.3) is 0 Å². The predicted molar refractivity (Wildman–Crippen MR) is 52.7 cm³/mol. The molecular formula is C11H22. The third kappa shape index (κ3) is 7.64. The van der Waals surface area contributed by atoms with E-state index in [1.165, 1.54) is 19.3 Å². The zero-order valence-corrected chi connectivity index (χ0v) is 8.43. The lowest BCUT2D eigenvalue weighted by Crippen LogP contribution is -1.91. The fraction of sp³-hybridized carbons (Fsp3) is 0.818. The lowest BCUT2D eigenvalue weighted by molar-refractivity contribution is 0.530. The van der Waals surface area contributed by atoms with E-state index in [0.717, 1.165) is 5.92 Å². The Bertz CT molecular complexity index is 101. The molecular weight excluding hydrogens is 132 g/mol. The van der Waals surface area contributed by atoms with Gasteiger partial charge in [0.05, 0.1) is 0 Å². The van der Waals surface area contributed by atoms with Crippen molar-refractivity contribution in [3.63, 3.8) is 0 Å². The van der Waals surface area contributed by atoms with Crippen LogP contribution in [0.1, 0.15) is 47.0 Å². The van der Waals surface area contributed by atoms with Crippen LogP contribution in [0, 0.1) is 11.8 Å². The van der Waals surface area contributed by atoms with Crippen LogP contribution in [-0.2, 0) is 0 Å². The molecule has 0 aliphatic rings. The number of allylic oxidation sites excluding steroid dienone is 2. The summed E-state index contributed by atoms with van der Waals surface area (Å²) in [6, 6.07) is 0. The van der Waals surface area contributed by atoms with Gasteiger partial charge in [0.1, 0.15) is 0 Å². The summed E-state index contributed by atoms with van der Waals surface area (Å²) in [6.45, 7) is 9.03. The van der Waals surface area contributed by atoms with Crippen LogP contribution in [-0.4, -0.2) is 0 Å². The minimum absolute atomic E-state index is 0.712. The minimum Gasteiger partial charge on any atom is -0.0880 e. The van der Waals surface area contributed by atoms with Gasteiger partial charge in [-0.15, -0.1) is 0 Å². The zero-order valence-electron chi connectivity index (χ0n) is 8.43. The third-order valence-electron chi connectivity index (χ3n) is 1.84. The smallest absolute Gasteiger partial charge is 0.0290 e. The standard InChI is InChI=1S/C11H22/c1-5-7-11(4)9-6-8-10(2)3/h6,8,10-11H,5,7,9H2,1-4H3. The SMILES string of the molecule is CCCC(C)CC=CC(C)C. The van der Waals surface area contributed by atoms with Gasteiger partial charge in [-0.25, -0.2) is 0 Å². The van der Waals surface area contributed by atoms with Crippen LogP contribution >= 0.6 is 0 Å². The molecule has 0 nitrogen and oxygen atoms in total. The highest BCUT2D eigenvalue weighted by Crippen LogP contribution is 2.10. The van der Waals surface area contributed by atoms with Crippen LogP contribution in [0.4, 0.5) is 0 Å². The van der Waals surface area contributed by atoms with Crippen LogP contribution in [0.3, 0.4) is 0 Å². The van der Waals surface area contributed by atoms with E-state index in [2.05, 4.69) is 39.8 Å². The van der Waals surface area contributed by atoms with Crippen molar-refractivity contribution < 1.29 is 0 Å². The highest BCUT2D eigenvalue weighted by molar-refractivity contribution is 4.85. The van der Waals surface area contributed by atoms with Crippen molar-refractivity contribution in [3.8, 4) is 0 Å². The Morgan fingerprint density at radius 1 is 1.18 bits per heavy atom. The Kier molecular flexibility index (Phi) is 6.30. The Morgan fingerprint density at radius 3 is 2.27 bits per heavy atom. The molecule has 0 saturated carbocycles. The van der Waals surface area contributed by atoms with Crippen molar-refractivity contribution in [2.24, 2.45) is 11.8 Å². The number of hydrogen-bond acceptors (Lipinski definition) is 0. The summed E-state index contributed by atoms with van der Waals surface area (Å²) < 4.78 is 0. The molecule has 0 fully saturated rings. The monoisotopic (exact) mass is 154 g/mol. The van der Waals surface area contributed by atoms with Crippen molar-refractivity contribution in [3.05, 3.63) is 12.2 Å². The normalized spacial score (nSPS) is 14.6. The molecule has 0 radical (unpaired) electrons. The highest BCUT2D eigenvalue weighted by Gasteiger charge is 1.96. The quantitative estimate of drug-likeness (QED) is 0.524. The van der Waals surface area contributed by atoms with E-state index in [1.54, 1.807) is 0 Å². The average molecular weight is 154 g/mol. The second-order valence-electron chi connectivity index (χ2n) is 3.80. The maximum atomic E-state index is 2.33. The Labute approximate surface area is 71.7 Å². The first kappa shape index (κ1) is 10.7. The average Bonchev–Trinajstić information content (AvgIpc) is 1.87. The second kappa shape index (κ2) is 6.45. The van der Waals surface area contributed by atoms with Crippen molar-refractivity contribution in [1.29, 1.82) is 0 Å². The molecule has 0 aromatic carbocycles. The molecule has 0 N–H and O–H groups in total. The van der Waals surface area contributed by atoms with E-state index in [-0.39, 0.29) is 0 Å². The molecule has 0 saturated heterocycles. The molecule has 1 unspecified atom stereocenters. The van der Waals surface area contributed by atoms with E-state index in [1.807, 2.05) is 0 Å². The molecule has 0 spiro atoms. The van der Waals surface area contributed by atoms with Gasteiger partial charge in [0.2, 0.25) is 0 Å². The molecule has 0 aromatic rings. The topological polar surface area (TPSA) is 0 Å². The van der Waals surface area contributed by atoms with Gasteiger partial charge in [-0.3, -0.25) is 0 Å². The number of rotatable bonds is 5. The first-order valence-corrected chi connectivity index (χ1v) is 4.83. The molecule has 0 bridgehead atoms. The molecule has 0 heterocycles. The van der Waals surface area contributed by atoms with E-state index in [4.69, 9.17) is 0 Å². The molecule has 0 amide bonds. The van der Waals surface area contributed by atoms with E-state index in [9.17, 15) is 0 Å². The van der Waals surface area contributed by atoms with Gasteiger partial charge < -0.3 is 0 Å². The molecule has 11 heavy (non-hydrogen) atoms. The molecule has 0 aliphatic heterocycles. The third-order valence-corrected chi connectivity index (χ3v) is 1.84. The first-order valence-electron chi connectivity index (χ1n) is 4.83. The van der Waals surface area contributed by atoms with Gasteiger partial charge in [-0.1, -0.05) is 52.7 Å². The molecule has 0 rings (SSSR count). The fourth-order valence-corrected chi connectivity index (χ4v) is 1.19. The fourth-order valence-electron chi connectivity index (χ4n) is 1.19. The molecule has 0 aromatic heterocycles. The van der Waals surface area contributed by atoms with Crippen molar-refractivity contribution in [1.82, 2.24) is 0 Å². The second-order valence-corrected chi connectivity index (χ2v) is 3.80. The van der Waals surface area contributed by atoms with Crippen LogP contribution < -0.4 is 0 Å². The Balaban J connectivity index is 3.36. The van der Waals surface area contributed by atoms with Crippen LogP contribution in [0.5, 0.6) is 0 Å². The van der Waals surface area contributed by atoms with E-state index < -0.39 is 0 Å².